The number of urea groups is 1. The fourth-order valence-corrected chi connectivity index (χ4v) is 2.83. The Morgan fingerprint density at radius 1 is 1.13 bits per heavy atom. The van der Waals surface area contributed by atoms with E-state index in [1.54, 1.807) is 12.3 Å². The topological polar surface area (TPSA) is 139 Å². The van der Waals surface area contributed by atoms with Crippen LogP contribution in [0, 0.1) is 0 Å². The maximum atomic E-state index is 12.4. The monoisotopic (exact) mass is 408 g/mol. The van der Waals surface area contributed by atoms with Crippen molar-refractivity contribution in [2.24, 2.45) is 7.05 Å². The number of anilines is 2. The minimum atomic E-state index is -0.811. The quantitative estimate of drug-likeness (QED) is 0.593. The van der Waals surface area contributed by atoms with Crippen LogP contribution in [0.2, 0.25) is 0 Å². The zero-order chi connectivity index (χ0) is 21.7. The summed E-state index contributed by atoms with van der Waals surface area (Å²) in [6.07, 6.45) is 3.04. The van der Waals surface area contributed by atoms with Gasteiger partial charge in [0.2, 0.25) is 0 Å². The van der Waals surface area contributed by atoms with Gasteiger partial charge in [-0.1, -0.05) is 42.1 Å². The maximum Gasteiger partial charge on any atom is 0.516 e. The lowest BCUT2D eigenvalue weighted by atomic mass is 10.0. The van der Waals surface area contributed by atoms with Crippen molar-refractivity contribution < 1.29 is 19.8 Å². The molecule has 154 valence electrons. The zero-order valence-electron chi connectivity index (χ0n) is 16.1. The van der Waals surface area contributed by atoms with E-state index >= 15 is 0 Å². The van der Waals surface area contributed by atoms with Gasteiger partial charge >= 0.3 is 12.0 Å². The van der Waals surface area contributed by atoms with Gasteiger partial charge in [-0.3, -0.25) is 10.1 Å². The fourth-order valence-electron chi connectivity index (χ4n) is 2.83. The molecule has 2 aromatic heterocycles. The molecule has 1 aromatic carbocycles. The summed E-state index contributed by atoms with van der Waals surface area (Å²) in [7, 11) is 1.46. The van der Waals surface area contributed by atoms with E-state index in [2.05, 4.69) is 15.6 Å². The Hall–Kier alpha value is -4.14. The summed E-state index contributed by atoms with van der Waals surface area (Å²) in [6.45, 7) is 0. The Morgan fingerprint density at radius 3 is 2.57 bits per heavy atom. The third-order valence-corrected chi connectivity index (χ3v) is 4.40. The zero-order valence-corrected chi connectivity index (χ0v) is 16.1. The Kier molecular flexibility index (Phi) is 6.11. The molecule has 0 atom stereocenters. The number of nitrogens with zero attached hydrogens (tertiary/aromatic N) is 2. The number of carbonyl (C=O) groups is 2. The largest absolute Gasteiger partial charge is 0.871 e. The van der Waals surface area contributed by atoms with E-state index in [0.29, 0.717) is 5.56 Å². The Bertz CT molecular complexity index is 1140. The normalized spacial score (nSPS) is 10.4. The van der Waals surface area contributed by atoms with Gasteiger partial charge in [-0.2, -0.15) is 0 Å². The molecule has 0 saturated heterocycles. The summed E-state index contributed by atoms with van der Waals surface area (Å²) in [5.74, 6) is -1.17. The standard InChI is InChI=1S/C21H20N4O5/c1-25-10-9-16(26)18(20(25)29)23-21(30)24-19-14(7-8-17(27)28)11-15(12-22-19)13-5-3-2-4-6-13/h2-6,9-12,26H,7-8H2,1H3,(H,27,28)(H2,22,23,24,30). The lowest BCUT2D eigenvalue weighted by molar-refractivity contribution is -0.267. The van der Waals surface area contributed by atoms with Crippen molar-refractivity contribution in [1.29, 1.82) is 0 Å². The van der Waals surface area contributed by atoms with Crippen molar-refractivity contribution in [2.75, 3.05) is 10.6 Å². The third kappa shape index (κ3) is 4.82. The number of hydrogen-bond acceptors (Lipinski definition) is 5. The van der Waals surface area contributed by atoms with Gasteiger partial charge in [-0.15, -0.1) is 0 Å². The molecule has 0 saturated carbocycles. The van der Waals surface area contributed by atoms with Crippen molar-refractivity contribution in [3.05, 3.63) is 70.8 Å². The van der Waals surface area contributed by atoms with Crippen LogP contribution in [0.5, 0.6) is 5.75 Å². The molecule has 0 radical (unpaired) electrons. The number of pyridine rings is 2. The molecule has 9 nitrogen and oxygen atoms in total. The first-order valence-electron chi connectivity index (χ1n) is 9.08. The number of carbonyl (C=O) groups excluding carboxylic acids is 2. The van der Waals surface area contributed by atoms with Crippen LogP contribution in [0.4, 0.5) is 16.3 Å². The first-order chi connectivity index (χ1) is 14.3. The molecule has 3 aromatic rings. The minimum Gasteiger partial charge on any atom is -0.871 e. The van der Waals surface area contributed by atoms with Crippen LogP contribution in [0.15, 0.2) is 59.7 Å². The lowest BCUT2D eigenvalue weighted by Gasteiger charge is -2.16. The molecule has 0 unspecified atom stereocenters. The minimum absolute atomic E-state index is 0.0415. The van der Waals surface area contributed by atoms with Crippen LogP contribution >= 0.6 is 0 Å². The van der Waals surface area contributed by atoms with Crippen molar-refractivity contribution in [3.8, 4) is 16.9 Å². The summed E-state index contributed by atoms with van der Waals surface area (Å²) in [5, 5.41) is 23.8. The van der Waals surface area contributed by atoms with Gasteiger partial charge < -0.3 is 20.1 Å². The van der Waals surface area contributed by atoms with Crippen LogP contribution in [0.1, 0.15) is 12.0 Å². The van der Waals surface area contributed by atoms with E-state index in [-0.39, 0.29) is 24.3 Å². The van der Waals surface area contributed by atoms with Gasteiger partial charge in [-0.05, 0) is 23.6 Å². The summed E-state index contributed by atoms with van der Waals surface area (Å²) in [4.78, 5) is 39.9. The summed E-state index contributed by atoms with van der Waals surface area (Å²) < 4.78 is 1.18. The van der Waals surface area contributed by atoms with Gasteiger partial charge in [0.25, 0.3) is 5.56 Å². The predicted octanol–water partition coefficient (Wildman–Crippen LogP) is 1.35. The number of hydrogen-bond donors (Lipinski definition) is 2. The summed E-state index contributed by atoms with van der Waals surface area (Å²) in [5.41, 5.74) is 1.23. The average molecular weight is 408 g/mol. The van der Waals surface area contributed by atoms with E-state index < -0.39 is 23.3 Å². The molecule has 0 aliphatic rings. The van der Waals surface area contributed by atoms with Crippen molar-refractivity contribution >= 4 is 23.5 Å². The highest BCUT2D eigenvalue weighted by atomic mass is 16.4. The molecule has 0 spiro atoms. The predicted molar refractivity (Wildman–Crippen MR) is 110 cm³/mol. The number of amides is 2. The molecule has 9 heteroatoms. The summed E-state index contributed by atoms with van der Waals surface area (Å²) in [6, 6.07) is 11.6. The maximum absolute atomic E-state index is 12.4. The number of nitrogens with one attached hydrogen (secondary N) is 2. The van der Waals surface area contributed by atoms with E-state index in [9.17, 15) is 19.5 Å². The highest BCUT2D eigenvalue weighted by Crippen LogP contribution is 2.24. The molecule has 0 aliphatic heterocycles. The van der Waals surface area contributed by atoms with Crippen LogP contribution in [-0.2, 0) is 18.3 Å². The van der Waals surface area contributed by atoms with E-state index in [0.717, 1.165) is 11.1 Å². The van der Waals surface area contributed by atoms with Gasteiger partial charge in [0, 0.05) is 29.8 Å². The van der Waals surface area contributed by atoms with Crippen LogP contribution in [0.25, 0.3) is 11.1 Å². The molecular weight excluding hydrogens is 388 g/mol. The van der Waals surface area contributed by atoms with E-state index in [4.69, 9.17) is 5.11 Å². The van der Waals surface area contributed by atoms with Gasteiger partial charge in [-0.25, -0.2) is 9.78 Å². The van der Waals surface area contributed by atoms with Gasteiger partial charge in [0.15, 0.2) is 0 Å². The molecule has 2 heterocycles. The van der Waals surface area contributed by atoms with Crippen molar-refractivity contribution in [2.45, 2.75) is 12.8 Å². The molecule has 0 fully saturated rings. The summed E-state index contributed by atoms with van der Waals surface area (Å²) >= 11 is 0. The molecule has 30 heavy (non-hydrogen) atoms. The molecule has 3 rings (SSSR count). The number of benzene rings is 1. The first kappa shape index (κ1) is 20.6. The average Bonchev–Trinajstić information content (AvgIpc) is 2.74. The number of aromatic nitrogens is 2. The van der Waals surface area contributed by atoms with Crippen molar-refractivity contribution in [3.63, 3.8) is 0 Å². The number of rotatable bonds is 6. The van der Waals surface area contributed by atoms with Gasteiger partial charge in [0.1, 0.15) is 17.9 Å². The second-order valence-corrected chi connectivity index (χ2v) is 6.57. The SMILES string of the molecule is Cn1ccc([O-])c(NC(=O)Nc2ncc(-c3ccccc3)cc2CCC(=O)[OH2+])c1=O. The highest BCUT2D eigenvalue weighted by molar-refractivity contribution is 6.00. The van der Waals surface area contributed by atoms with Gasteiger partial charge in [0.05, 0.1) is 0 Å². The fraction of sp³-hybridized carbons (Fsp3) is 0.143. The molecule has 0 bridgehead atoms. The Balaban J connectivity index is 1.87. The first-order valence-corrected chi connectivity index (χ1v) is 9.08. The van der Waals surface area contributed by atoms with Crippen molar-refractivity contribution in [1.82, 2.24) is 9.55 Å². The second kappa shape index (κ2) is 8.91. The van der Waals surface area contributed by atoms with Crippen LogP contribution < -0.4 is 21.3 Å². The Morgan fingerprint density at radius 2 is 1.87 bits per heavy atom. The number of aryl methyl sites for hydroxylation is 2. The van der Waals surface area contributed by atoms with E-state index in [1.165, 1.54) is 23.9 Å². The van der Waals surface area contributed by atoms with Crippen LogP contribution in [0.3, 0.4) is 0 Å². The molecular formula is C21H20N4O5. The van der Waals surface area contributed by atoms with Crippen LogP contribution in [-0.4, -0.2) is 26.7 Å². The molecule has 2 amide bonds. The molecule has 0 aliphatic carbocycles. The molecule has 4 N–H and O–H groups in total. The Labute approximate surface area is 171 Å². The third-order valence-electron chi connectivity index (χ3n) is 4.40. The second-order valence-electron chi connectivity index (χ2n) is 6.57. The smallest absolute Gasteiger partial charge is 0.516 e. The van der Waals surface area contributed by atoms with E-state index in [1.807, 2.05) is 30.3 Å². The highest BCUT2D eigenvalue weighted by Gasteiger charge is 2.15. The lowest BCUT2D eigenvalue weighted by Crippen LogP contribution is -2.28.